The molecule has 7 nitrogen and oxygen atoms in total. The fraction of sp³-hybridized carbons (Fsp3) is 0.600. The summed E-state index contributed by atoms with van der Waals surface area (Å²) in [6.07, 6.45) is -3.68. The Hall–Kier alpha value is -2.14. The summed E-state index contributed by atoms with van der Waals surface area (Å²) >= 11 is 0. The van der Waals surface area contributed by atoms with E-state index in [1.165, 1.54) is 13.0 Å². The minimum Gasteiger partial charge on any atom is -0.452 e. The van der Waals surface area contributed by atoms with Gasteiger partial charge in [-0.05, 0) is 44.7 Å². The average Bonchev–Trinajstić information content (AvgIpc) is 3.27. The number of likely N-dealkylation sites (tertiary alicyclic amines) is 1. The van der Waals surface area contributed by atoms with Crippen molar-refractivity contribution in [2.24, 2.45) is 5.92 Å². The van der Waals surface area contributed by atoms with Crippen molar-refractivity contribution in [1.82, 2.24) is 9.21 Å². The van der Waals surface area contributed by atoms with Crippen molar-refractivity contribution in [1.29, 1.82) is 0 Å². The van der Waals surface area contributed by atoms with Crippen LogP contribution in [0, 0.1) is 5.92 Å². The topological polar surface area (TPSA) is 84.0 Å². The molecule has 0 radical (unpaired) electrons. The number of carbonyl (C=O) groups excluding carboxylic acids is 2. The number of hydrogen-bond acceptors (Lipinski definition) is 5. The number of alkyl halides is 3. The normalized spacial score (nSPS) is 19.9. The number of amides is 1. The van der Waals surface area contributed by atoms with Crippen LogP contribution in [-0.4, -0.2) is 61.8 Å². The average molecular weight is 462 g/mol. The van der Waals surface area contributed by atoms with Gasteiger partial charge in [0.05, 0.1) is 16.4 Å². The van der Waals surface area contributed by atoms with Crippen molar-refractivity contribution < 1.29 is 35.9 Å². The van der Waals surface area contributed by atoms with E-state index >= 15 is 0 Å². The third-order valence-corrected chi connectivity index (χ3v) is 7.61. The predicted octanol–water partition coefficient (Wildman–Crippen LogP) is 2.66. The lowest BCUT2D eigenvalue weighted by molar-refractivity contribution is -0.163. The third-order valence-electron chi connectivity index (χ3n) is 5.66. The molecule has 11 heteroatoms. The highest BCUT2D eigenvalue weighted by molar-refractivity contribution is 7.89. The molecule has 2 aliphatic heterocycles. The highest BCUT2D eigenvalue weighted by atomic mass is 32.2. The number of halogens is 3. The Balaban J connectivity index is 1.61. The molecule has 3 rings (SSSR count). The first kappa shape index (κ1) is 23.5. The number of rotatable bonds is 5. The molecule has 0 bridgehead atoms. The fourth-order valence-electron chi connectivity index (χ4n) is 3.91. The standard InChI is InChI=1S/C20H25F3N2O5S/c1-14(18(26)24-10-4-5-11-24)30-19(27)15-8-12-25(13-9-15)31(28,29)17-7-3-2-6-16(17)20(21,22)23/h2-3,6-7,14-15H,4-5,8-13H2,1H3. The van der Waals surface area contributed by atoms with Gasteiger partial charge in [0.2, 0.25) is 10.0 Å². The van der Waals surface area contributed by atoms with Gasteiger partial charge < -0.3 is 9.64 Å². The van der Waals surface area contributed by atoms with Crippen LogP contribution in [-0.2, 0) is 30.5 Å². The van der Waals surface area contributed by atoms with Crippen LogP contribution in [0.25, 0.3) is 0 Å². The van der Waals surface area contributed by atoms with Crippen LogP contribution in [0.2, 0.25) is 0 Å². The molecule has 0 spiro atoms. The summed E-state index contributed by atoms with van der Waals surface area (Å²) in [5.41, 5.74) is -1.22. The van der Waals surface area contributed by atoms with E-state index in [-0.39, 0.29) is 31.8 Å². The molecule has 2 saturated heterocycles. The number of carbonyl (C=O) groups is 2. The zero-order valence-corrected chi connectivity index (χ0v) is 17.9. The highest BCUT2D eigenvalue weighted by Gasteiger charge is 2.40. The number of nitrogens with zero attached hydrogens (tertiary/aromatic N) is 2. The van der Waals surface area contributed by atoms with Crippen molar-refractivity contribution in [3.05, 3.63) is 29.8 Å². The van der Waals surface area contributed by atoms with E-state index < -0.39 is 44.6 Å². The van der Waals surface area contributed by atoms with Gasteiger partial charge in [0.15, 0.2) is 6.10 Å². The third kappa shape index (κ3) is 5.20. The number of hydrogen-bond donors (Lipinski definition) is 0. The van der Waals surface area contributed by atoms with Crippen LogP contribution in [0.5, 0.6) is 0 Å². The molecule has 31 heavy (non-hydrogen) atoms. The molecule has 1 atom stereocenters. The van der Waals surface area contributed by atoms with E-state index in [0.29, 0.717) is 13.1 Å². The van der Waals surface area contributed by atoms with E-state index in [1.807, 2.05) is 0 Å². The van der Waals surface area contributed by atoms with Gasteiger partial charge in [0, 0.05) is 26.2 Å². The number of esters is 1. The summed E-state index contributed by atoms with van der Waals surface area (Å²) in [6, 6.07) is 4.04. The lowest BCUT2D eigenvalue weighted by Crippen LogP contribution is -2.43. The van der Waals surface area contributed by atoms with E-state index in [2.05, 4.69) is 0 Å². The molecule has 2 fully saturated rings. The Morgan fingerprint density at radius 3 is 2.23 bits per heavy atom. The van der Waals surface area contributed by atoms with Gasteiger partial charge in [0.1, 0.15) is 0 Å². The van der Waals surface area contributed by atoms with Crippen molar-refractivity contribution in [3.8, 4) is 0 Å². The lowest BCUT2D eigenvalue weighted by atomic mass is 9.98. The van der Waals surface area contributed by atoms with E-state index in [0.717, 1.165) is 35.3 Å². The molecular weight excluding hydrogens is 437 g/mol. The van der Waals surface area contributed by atoms with Crippen LogP contribution in [0.1, 0.15) is 38.2 Å². The molecule has 2 aliphatic rings. The maximum atomic E-state index is 13.2. The monoisotopic (exact) mass is 462 g/mol. The quantitative estimate of drug-likeness (QED) is 0.629. The van der Waals surface area contributed by atoms with Gasteiger partial charge in [-0.15, -0.1) is 0 Å². The summed E-state index contributed by atoms with van der Waals surface area (Å²) in [5, 5.41) is 0. The molecule has 1 amide bonds. The lowest BCUT2D eigenvalue weighted by Gasteiger charge is -2.31. The number of benzene rings is 1. The second-order valence-electron chi connectivity index (χ2n) is 7.78. The first-order valence-corrected chi connectivity index (χ1v) is 11.6. The molecular formula is C20H25F3N2O5S. The summed E-state index contributed by atoms with van der Waals surface area (Å²) in [6.45, 7) is 2.56. The maximum Gasteiger partial charge on any atom is 0.417 e. The summed E-state index contributed by atoms with van der Waals surface area (Å²) in [5.74, 6) is -1.46. The van der Waals surface area contributed by atoms with Gasteiger partial charge in [-0.2, -0.15) is 17.5 Å². The molecule has 0 saturated carbocycles. The van der Waals surface area contributed by atoms with Gasteiger partial charge in [0.25, 0.3) is 5.91 Å². The second kappa shape index (κ2) is 9.15. The molecule has 1 aromatic rings. The van der Waals surface area contributed by atoms with E-state index in [9.17, 15) is 31.2 Å². The van der Waals surface area contributed by atoms with Crippen LogP contribution in [0.4, 0.5) is 13.2 Å². The van der Waals surface area contributed by atoms with Gasteiger partial charge in [-0.3, -0.25) is 9.59 Å². The zero-order valence-electron chi connectivity index (χ0n) is 17.1. The Labute approximate surface area is 179 Å². The highest BCUT2D eigenvalue weighted by Crippen LogP contribution is 2.36. The van der Waals surface area contributed by atoms with Gasteiger partial charge >= 0.3 is 12.1 Å². The number of ether oxygens (including phenoxy) is 1. The molecule has 172 valence electrons. The maximum absolute atomic E-state index is 13.2. The molecule has 0 N–H and O–H groups in total. The second-order valence-corrected chi connectivity index (χ2v) is 9.69. The molecule has 1 unspecified atom stereocenters. The van der Waals surface area contributed by atoms with Crippen LogP contribution >= 0.6 is 0 Å². The van der Waals surface area contributed by atoms with Crippen molar-refractivity contribution in [3.63, 3.8) is 0 Å². The van der Waals surface area contributed by atoms with E-state index in [4.69, 9.17) is 4.74 Å². The fourth-order valence-corrected chi connectivity index (χ4v) is 5.59. The Morgan fingerprint density at radius 2 is 1.65 bits per heavy atom. The number of sulfonamides is 1. The Kier molecular flexibility index (Phi) is 6.95. The summed E-state index contributed by atoms with van der Waals surface area (Å²) in [4.78, 5) is 25.6. The Morgan fingerprint density at radius 1 is 1.06 bits per heavy atom. The van der Waals surface area contributed by atoms with Crippen LogP contribution < -0.4 is 0 Å². The van der Waals surface area contributed by atoms with E-state index in [1.54, 1.807) is 4.90 Å². The summed E-state index contributed by atoms with van der Waals surface area (Å²) < 4.78 is 71.6. The van der Waals surface area contributed by atoms with Crippen LogP contribution in [0.3, 0.4) is 0 Å². The molecule has 2 heterocycles. The van der Waals surface area contributed by atoms with Crippen molar-refractivity contribution in [2.75, 3.05) is 26.2 Å². The largest absolute Gasteiger partial charge is 0.452 e. The molecule has 1 aromatic carbocycles. The SMILES string of the molecule is CC(OC(=O)C1CCN(S(=O)(=O)c2ccccc2C(F)(F)F)CC1)C(=O)N1CCCC1. The minimum absolute atomic E-state index is 0.108. The van der Waals surface area contributed by atoms with Crippen molar-refractivity contribution >= 4 is 21.9 Å². The summed E-state index contributed by atoms with van der Waals surface area (Å²) in [7, 11) is -4.37. The van der Waals surface area contributed by atoms with Crippen LogP contribution in [0.15, 0.2) is 29.2 Å². The first-order chi connectivity index (χ1) is 14.5. The predicted molar refractivity (Wildman–Crippen MR) is 104 cm³/mol. The zero-order chi connectivity index (χ0) is 22.8. The van der Waals surface area contributed by atoms with Gasteiger partial charge in [-0.1, -0.05) is 12.1 Å². The van der Waals surface area contributed by atoms with Gasteiger partial charge in [-0.25, -0.2) is 8.42 Å². The minimum atomic E-state index is -4.80. The number of piperidine rings is 1. The van der Waals surface area contributed by atoms with Crippen molar-refractivity contribution in [2.45, 2.75) is 49.8 Å². The molecule has 0 aromatic heterocycles. The molecule has 0 aliphatic carbocycles. The smallest absolute Gasteiger partial charge is 0.417 e. The first-order valence-electron chi connectivity index (χ1n) is 10.2. The Bertz CT molecular complexity index is 921.